The summed E-state index contributed by atoms with van der Waals surface area (Å²) in [7, 11) is 1.71. The van der Waals surface area contributed by atoms with Crippen molar-refractivity contribution in [3.05, 3.63) is 46.6 Å². The minimum Gasteiger partial charge on any atom is -0.481 e. The SMILES string of the molecule is CC#CC(=O)N(c1ccc(NC)c(C(=N)OC2COCC(C(=O)O)C2)n1)c1cc(C)c(C)cc1C1CC1. The third-order valence-electron chi connectivity index (χ3n) is 6.73. The molecule has 37 heavy (non-hydrogen) atoms. The number of aryl methyl sites for hydroxylation is 2. The molecule has 9 nitrogen and oxygen atoms in total. The van der Waals surface area contributed by atoms with E-state index in [9.17, 15) is 14.7 Å². The quantitative estimate of drug-likeness (QED) is 0.294. The number of ether oxygens (including phenoxy) is 2. The van der Waals surface area contributed by atoms with Crippen molar-refractivity contribution in [3.63, 3.8) is 0 Å². The van der Waals surface area contributed by atoms with Crippen LogP contribution in [0.3, 0.4) is 0 Å². The summed E-state index contributed by atoms with van der Waals surface area (Å²) in [6.07, 6.45) is 1.76. The molecule has 1 aliphatic carbocycles. The summed E-state index contributed by atoms with van der Waals surface area (Å²) in [4.78, 5) is 30.9. The number of anilines is 3. The highest BCUT2D eigenvalue weighted by molar-refractivity contribution is 6.11. The van der Waals surface area contributed by atoms with E-state index in [0.717, 1.165) is 35.2 Å². The van der Waals surface area contributed by atoms with Gasteiger partial charge in [0.1, 0.15) is 17.6 Å². The molecule has 2 unspecified atom stereocenters. The lowest BCUT2D eigenvalue weighted by Crippen LogP contribution is -2.37. The molecule has 2 atom stereocenters. The fraction of sp³-hybridized carbons (Fsp3) is 0.429. The van der Waals surface area contributed by atoms with Gasteiger partial charge in [-0.3, -0.25) is 19.9 Å². The number of nitrogens with one attached hydrogen (secondary N) is 2. The van der Waals surface area contributed by atoms with Crippen molar-refractivity contribution in [2.24, 2.45) is 5.92 Å². The maximum absolute atomic E-state index is 13.3. The standard InChI is InChI=1S/C28H32N4O5/c1-5-6-25(33)32(23-12-17(3)16(2)11-21(23)18-7-8-18)24-10-9-22(30-4)26(31-24)27(29)37-20-13-19(28(34)35)14-36-15-20/h9-12,18-20,29-30H,7-8,13-15H2,1-4H3,(H,34,35). The highest BCUT2D eigenvalue weighted by atomic mass is 16.5. The number of aliphatic carboxylic acids is 1. The van der Waals surface area contributed by atoms with Crippen LogP contribution in [0.4, 0.5) is 17.2 Å². The van der Waals surface area contributed by atoms with Crippen LogP contribution in [0.1, 0.15) is 54.5 Å². The van der Waals surface area contributed by atoms with Crippen molar-refractivity contribution >= 4 is 35.0 Å². The zero-order valence-electron chi connectivity index (χ0n) is 21.6. The summed E-state index contributed by atoms with van der Waals surface area (Å²) >= 11 is 0. The van der Waals surface area contributed by atoms with E-state index in [0.29, 0.717) is 17.4 Å². The monoisotopic (exact) mass is 504 g/mol. The Bertz CT molecular complexity index is 1290. The van der Waals surface area contributed by atoms with E-state index in [1.807, 2.05) is 13.0 Å². The van der Waals surface area contributed by atoms with Crippen LogP contribution in [-0.4, -0.2) is 54.2 Å². The van der Waals surface area contributed by atoms with Gasteiger partial charge >= 0.3 is 11.9 Å². The summed E-state index contributed by atoms with van der Waals surface area (Å²) in [6, 6.07) is 7.59. The molecule has 1 aromatic carbocycles. The number of carbonyl (C=O) groups is 2. The zero-order valence-corrected chi connectivity index (χ0v) is 21.6. The Morgan fingerprint density at radius 1 is 1.22 bits per heavy atom. The van der Waals surface area contributed by atoms with E-state index in [-0.39, 0.29) is 31.2 Å². The Hall–Kier alpha value is -3.90. The average molecular weight is 505 g/mol. The molecule has 3 N–H and O–H groups in total. The number of carbonyl (C=O) groups excluding carboxylic acids is 1. The molecule has 194 valence electrons. The van der Waals surface area contributed by atoms with E-state index in [2.05, 4.69) is 35.1 Å². The zero-order chi connectivity index (χ0) is 26.7. The number of hydrogen-bond donors (Lipinski definition) is 3. The van der Waals surface area contributed by atoms with Crippen LogP contribution in [-0.2, 0) is 19.1 Å². The fourth-order valence-corrected chi connectivity index (χ4v) is 4.46. The first-order valence-electron chi connectivity index (χ1n) is 12.4. The summed E-state index contributed by atoms with van der Waals surface area (Å²) in [5, 5.41) is 21.0. The average Bonchev–Trinajstić information content (AvgIpc) is 3.72. The molecule has 1 aromatic heterocycles. The molecule has 0 bridgehead atoms. The number of aromatic nitrogens is 1. The number of hydrogen-bond acceptors (Lipinski definition) is 7. The molecule has 9 heteroatoms. The number of amides is 1. The van der Waals surface area contributed by atoms with Crippen LogP contribution < -0.4 is 10.2 Å². The second kappa shape index (κ2) is 11.0. The van der Waals surface area contributed by atoms with Crippen LogP contribution in [0.25, 0.3) is 0 Å². The normalized spacial score (nSPS) is 18.8. The maximum Gasteiger partial charge on any atom is 0.308 e. The first kappa shape index (κ1) is 26.2. The van der Waals surface area contributed by atoms with Crippen LogP contribution in [0.5, 0.6) is 0 Å². The van der Waals surface area contributed by atoms with Crippen molar-refractivity contribution in [1.29, 1.82) is 5.41 Å². The first-order valence-corrected chi connectivity index (χ1v) is 12.4. The lowest BCUT2D eigenvalue weighted by atomic mass is 9.99. The molecule has 0 spiro atoms. The van der Waals surface area contributed by atoms with E-state index >= 15 is 0 Å². The van der Waals surface area contributed by atoms with Gasteiger partial charge in [0.2, 0.25) is 5.90 Å². The lowest BCUT2D eigenvalue weighted by molar-refractivity contribution is -0.149. The minimum atomic E-state index is -0.957. The fourth-order valence-electron chi connectivity index (χ4n) is 4.46. The summed E-state index contributed by atoms with van der Waals surface area (Å²) in [6.45, 7) is 5.98. The smallest absolute Gasteiger partial charge is 0.308 e. The predicted octanol–water partition coefficient (Wildman–Crippen LogP) is 4.14. The number of rotatable bonds is 7. The second-order valence-corrected chi connectivity index (χ2v) is 9.48. The van der Waals surface area contributed by atoms with Gasteiger partial charge in [0.15, 0.2) is 0 Å². The van der Waals surface area contributed by atoms with Gasteiger partial charge < -0.3 is 19.9 Å². The van der Waals surface area contributed by atoms with Crippen LogP contribution >= 0.6 is 0 Å². The lowest BCUT2D eigenvalue weighted by Gasteiger charge is -2.28. The summed E-state index contributed by atoms with van der Waals surface area (Å²) in [5.41, 5.74) is 4.78. The van der Waals surface area contributed by atoms with Crippen molar-refractivity contribution in [1.82, 2.24) is 4.98 Å². The third-order valence-corrected chi connectivity index (χ3v) is 6.73. The maximum atomic E-state index is 13.3. The molecule has 1 saturated carbocycles. The van der Waals surface area contributed by atoms with Gasteiger partial charge in [0, 0.05) is 13.5 Å². The Morgan fingerprint density at radius 3 is 2.59 bits per heavy atom. The van der Waals surface area contributed by atoms with Gasteiger partial charge in [-0.25, -0.2) is 4.98 Å². The van der Waals surface area contributed by atoms with E-state index in [1.54, 1.807) is 26.1 Å². The third kappa shape index (κ3) is 5.75. The van der Waals surface area contributed by atoms with Crippen molar-refractivity contribution in [3.8, 4) is 11.8 Å². The number of pyridine rings is 1. The van der Waals surface area contributed by atoms with Gasteiger partial charge in [-0.2, -0.15) is 0 Å². The molecular weight excluding hydrogens is 472 g/mol. The Balaban J connectivity index is 1.73. The molecule has 4 rings (SSSR count). The topological polar surface area (TPSA) is 125 Å². The summed E-state index contributed by atoms with van der Waals surface area (Å²) in [5.74, 6) is 3.74. The van der Waals surface area contributed by atoms with Crippen molar-refractivity contribution < 1.29 is 24.2 Å². The van der Waals surface area contributed by atoms with E-state index in [1.165, 1.54) is 4.90 Å². The van der Waals surface area contributed by atoms with Gasteiger partial charge in [0.05, 0.1) is 30.5 Å². The van der Waals surface area contributed by atoms with E-state index < -0.39 is 23.9 Å². The number of carboxylic acid groups (broad SMARTS) is 1. The second-order valence-electron chi connectivity index (χ2n) is 9.48. The first-order chi connectivity index (χ1) is 17.7. The number of carboxylic acids is 1. The molecule has 2 aliphatic rings. The van der Waals surface area contributed by atoms with Crippen molar-refractivity contribution in [2.45, 2.75) is 52.1 Å². The molecule has 2 heterocycles. The molecule has 2 aromatic rings. The minimum absolute atomic E-state index is 0.118. The predicted molar refractivity (Wildman–Crippen MR) is 141 cm³/mol. The van der Waals surface area contributed by atoms with Crippen LogP contribution in [0.15, 0.2) is 24.3 Å². The molecule has 2 fully saturated rings. The molecule has 1 saturated heterocycles. The van der Waals surface area contributed by atoms with Gasteiger partial charge in [-0.15, -0.1) is 0 Å². The largest absolute Gasteiger partial charge is 0.481 e. The van der Waals surface area contributed by atoms with Gasteiger partial charge in [-0.05, 0) is 80.3 Å². The van der Waals surface area contributed by atoms with Crippen LogP contribution in [0, 0.1) is 37.0 Å². The van der Waals surface area contributed by atoms with Crippen molar-refractivity contribution in [2.75, 3.05) is 30.5 Å². The number of nitrogens with zero attached hydrogens (tertiary/aromatic N) is 2. The van der Waals surface area contributed by atoms with E-state index in [4.69, 9.17) is 14.9 Å². The Labute approximate surface area is 216 Å². The molecule has 0 radical (unpaired) electrons. The number of benzene rings is 1. The highest BCUT2D eigenvalue weighted by Gasteiger charge is 2.33. The Morgan fingerprint density at radius 2 is 1.95 bits per heavy atom. The van der Waals surface area contributed by atoms with Crippen LogP contribution in [0.2, 0.25) is 0 Å². The molecular formula is C28H32N4O5. The highest BCUT2D eigenvalue weighted by Crippen LogP contribution is 2.46. The Kier molecular flexibility index (Phi) is 7.79. The van der Waals surface area contributed by atoms with Gasteiger partial charge in [-0.1, -0.05) is 12.0 Å². The van der Waals surface area contributed by atoms with Gasteiger partial charge in [0.25, 0.3) is 0 Å². The summed E-state index contributed by atoms with van der Waals surface area (Å²) < 4.78 is 11.2. The molecule has 1 aliphatic heterocycles. The molecule has 1 amide bonds.